The number of nitrogens with zero attached hydrogens (tertiary/aromatic N) is 1. The third-order valence-electron chi connectivity index (χ3n) is 3.73. The summed E-state index contributed by atoms with van der Waals surface area (Å²) < 4.78 is 26.3. The first kappa shape index (κ1) is 15.2. The van der Waals surface area contributed by atoms with Crippen LogP contribution in [0, 0.1) is 17.6 Å². The smallest absolute Gasteiger partial charge is 0.255 e. The van der Waals surface area contributed by atoms with E-state index in [0.717, 1.165) is 25.0 Å². The van der Waals surface area contributed by atoms with Gasteiger partial charge in [0.25, 0.3) is 5.91 Å². The molecule has 20 heavy (non-hydrogen) atoms. The van der Waals surface area contributed by atoms with Gasteiger partial charge in [-0.05, 0) is 37.8 Å². The van der Waals surface area contributed by atoms with E-state index in [1.54, 1.807) is 4.90 Å². The number of carbonyl (C=O) groups is 1. The topological polar surface area (TPSA) is 46.3 Å². The average Bonchev–Trinajstić information content (AvgIpc) is 2.42. The van der Waals surface area contributed by atoms with Crippen LogP contribution in [-0.4, -0.2) is 29.9 Å². The first-order valence-corrected chi connectivity index (χ1v) is 6.97. The molecule has 1 saturated heterocycles. The number of hydrogen-bond donors (Lipinski definition) is 1. The summed E-state index contributed by atoms with van der Waals surface area (Å²) >= 11 is 5.84. The first-order chi connectivity index (χ1) is 9.40. The molecule has 6 heteroatoms. The van der Waals surface area contributed by atoms with Gasteiger partial charge in [-0.25, -0.2) is 8.78 Å². The molecule has 2 atom stereocenters. The molecule has 1 aromatic rings. The van der Waals surface area contributed by atoms with Crippen LogP contribution in [0.15, 0.2) is 12.1 Å². The van der Waals surface area contributed by atoms with Crippen molar-refractivity contribution in [1.82, 2.24) is 4.90 Å². The summed E-state index contributed by atoms with van der Waals surface area (Å²) in [4.78, 5) is 14.0. The average molecular weight is 303 g/mol. The molecule has 0 aromatic heterocycles. The maximum absolute atomic E-state index is 13.3. The molecular weight excluding hydrogens is 286 g/mol. The second-order valence-electron chi connectivity index (χ2n) is 5.26. The van der Waals surface area contributed by atoms with Crippen molar-refractivity contribution in [3.05, 3.63) is 34.4 Å². The number of likely N-dealkylation sites (tertiary alicyclic amines) is 1. The number of carbonyl (C=O) groups excluding carboxylic acids is 1. The fourth-order valence-electron chi connectivity index (χ4n) is 2.48. The van der Waals surface area contributed by atoms with E-state index in [2.05, 4.69) is 0 Å². The third kappa shape index (κ3) is 3.10. The van der Waals surface area contributed by atoms with E-state index in [0.29, 0.717) is 13.1 Å². The molecule has 1 fully saturated rings. The number of amides is 1. The normalized spacial score (nSPS) is 20.9. The van der Waals surface area contributed by atoms with Crippen LogP contribution in [0.5, 0.6) is 0 Å². The van der Waals surface area contributed by atoms with Crippen LogP contribution in [-0.2, 0) is 0 Å². The van der Waals surface area contributed by atoms with Crippen LogP contribution < -0.4 is 5.73 Å². The monoisotopic (exact) mass is 302 g/mol. The van der Waals surface area contributed by atoms with Crippen molar-refractivity contribution in [3.8, 4) is 0 Å². The van der Waals surface area contributed by atoms with Crippen LogP contribution in [0.2, 0.25) is 5.02 Å². The van der Waals surface area contributed by atoms with Crippen molar-refractivity contribution in [3.63, 3.8) is 0 Å². The van der Waals surface area contributed by atoms with Crippen LogP contribution >= 0.6 is 11.6 Å². The molecule has 2 rings (SSSR count). The number of rotatable bonds is 2. The van der Waals surface area contributed by atoms with E-state index >= 15 is 0 Å². The van der Waals surface area contributed by atoms with Gasteiger partial charge in [-0.15, -0.1) is 0 Å². The molecule has 2 unspecified atom stereocenters. The lowest BCUT2D eigenvalue weighted by atomic mass is 9.92. The van der Waals surface area contributed by atoms with Gasteiger partial charge in [0.2, 0.25) is 0 Å². The zero-order valence-electron chi connectivity index (χ0n) is 11.2. The second kappa shape index (κ2) is 6.06. The predicted octanol–water partition coefficient (Wildman–Crippen LogP) is 2.82. The quantitative estimate of drug-likeness (QED) is 0.854. The van der Waals surface area contributed by atoms with Gasteiger partial charge in [0, 0.05) is 19.1 Å². The van der Waals surface area contributed by atoms with Crippen molar-refractivity contribution < 1.29 is 13.6 Å². The van der Waals surface area contributed by atoms with Crippen LogP contribution in [0.25, 0.3) is 0 Å². The molecule has 0 saturated carbocycles. The van der Waals surface area contributed by atoms with Gasteiger partial charge in [-0.3, -0.25) is 4.79 Å². The van der Waals surface area contributed by atoms with Gasteiger partial charge in [0.05, 0.1) is 10.6 Å². The van der Waals surface area contributed by atoms with Crippen molar-refractivity contribution in [1.29, 1.82) is 0 Å². The molecule has 0 aliphatic carbocycles. The van der Waals surface area contributed by atoms with Crippen LogP contribution in [0.4, 0.5) is 8.78 Å². The Morgan fingerprint density at radius 2 is 2.10 bits per heavy atom. The van der Waals surface area contributed by atoms with Crippen LogP contribution in [0.3, 0.4) is 0 Å². The number of nitrogens with two attached hydrogens (primary N) is 1. The molecule has 0 radical (unpaired) electrons. The molecule has 1 heterocycles. The molecule has 1 amide bonds. The van der Waals surface area contributed by atoms with Gasteiger partial charge in [0.1, 0.15) is 0 Å². The van der Waals surface area contributed by atoms with Gasteiger partial charge in [-0.2, -0.15) is 0 Å². The molecule has 1 aromatic carbocycles. The minimum absolute atomic E-state index is 0.00380. The van der Waals surface area contributed by atoms with E-state index in [9.17, 15) is 13.6 Å². The largest absolute Gasteiger partial charge is 0.338 e. The summed E-state index contributed by atoms with van der Waals surface area (Å²) in [6, 6.07) is 1.68. The lowest BCUT2D eigenvalue weighted by Crippen LogP contribution is -2.45. The molecule has 2 N–H and O–H groups in total. The summed E-state index contributed by atoms with van der Waals surface area (Å²) in [7, 11) is 0. The van der Waals surface area contributed by atoms with E-state index in [-0.39, 0.29) is 28.5 Å². The van der Waals surface area contributed by atoms with Crippen LogP contribution in [0.1, 0.15) is 30.1 Å². The van der Waals surface area contributed by atoms with Gasteiger partial charge >= 0.3 is 0 Å². The highest BCUT2D eigenvalue weighted by Gasteiger charge is 2.28. The Balaban J connectivity index is 2.21. The number of benzene rings is 1. The van der Waals surface area contributed by atoms with Crippen molar-refractivity contribution in [2.75, 3.05) is 13.1 Å². The van der Waals surface area contributed by atoms with E-state index in [1.807, 2.05) is 6.92 Å². The third-order valence-corrected chi connectivity index (χ3v) is 4.04. The molecule has 3 nitrogen and oxygen atoms in total. The highest BCUT2D eigenvalue weighted by atomic mass is 35.5. The minimum atomic E-state index is -1.07. The van der Waals surface area contributed by atoms with Crippen molar-refractivity contribution >= 4 is 17.5 Å². The Kier molecular flexibility index (Phi) is 4.60. The van der Waals surface area contributed by atoms with Gasteiger partial charge in [0.15, 0.2) is 11.6 Å². The van der Waals surface area contributed by atoms with E-state index in [1.165, 1.54) is 0 Å². The molecule has 1 aliphatic heterocycles. The lowest BCUT2D eigenvalue weighted by molar-refractivity contribution is 0.0660. The van der Waals surface area contributed by atoms with Gasteiger partial charge < -0.3 is 10.6 Å². The minimum Gasteiger partial charge on any atom is -0.338 e. The highest BCUT2D eigenvalue weighted by Crippen LogP contribution is 2.25. The highest BCUT2D eigenvalue weighted by molar-refractivity contribution is 6.33. The molecule has 110 valence electrons. The van der Waals surface area contributed by atoms with E-state index in [4.69, 9.17) is 17.3 Å². The molecule has 0 bridgehead atoms. The summed E-state index contributed by atoms with van der Waals surface area (Å²) in [6.45, 7) is 3.01. The van der Waals surface area contributed by atoms with Crippen molar-refractivity contribution in [2.24, 2.45) is 11.7 Å². The lowest BCUT2D eigenvalue weighted by Gasteiger charge is -2.34. The maximum atomic E-state index is 13.3. The van der Waals surface area contributed by atoms with Crippen molar-refractivity contribution in [2.45, 2.75) is 25.8 Å². The summed E-state index contributed by atoms with van der Waals surface area (Å²) in [5, 5.41) is -0.0724. The second-order valence-corrected chi connectivity index (χ2v) is 5.67. The zero-order valence-corrected chi connectivity index (χ0v) is 12.0. The number of piperidine rings is 1. The summed E-state index contributed by atoms with van der Waals surface area (Å²) in [5.41, 5.74) is 5.86. The summed E-state index contributed by atoms with van der Waals surface area (Å²) in [6.07, 6.45) is 1.81. The Hall–Kier alpha value is -1.20. The Labute approximate surface area is 121 Å². The number of halogens is 3. The van der Waals surface area contributed by atoms with Gasteiger partial charge in [-0.1, -0.05) is 11.6 Å². The number of hydrogen-bond acceptors (Lipinski definition) is 2. The Bertz CT molecular complexity index is 522. The van der Waals surface area contributed by atoms with E-state index < -0.39 is 11.6 Å². The Morgan fingerprint density at radius 1 is 1.45 bits per heavy atom. The zero-order chi connectivity index (χ0) is 14.9. The fourth-order valence-corrected chi connectivity index (χ4v) is 2.71. The first-order valence-electron chi connectivity index (χ1n) is 6.59. The molecule has 1 aliphatic rings. The SMILES string of the molecule is CC(N)C1CCCN(C(=O)c2cc(F)c(F)cc2Cl)C1. The fraction of sp³-hybridized carbons (Fsp3) is 0.500. The molecule has 0 spiro atoms. The summed E-state index contributed by atoms with van der Waals surface area (Å²) in [5.74, 6) is -2.28. The predicted molar refractivity (Wildman–Crippen MR) is 73.6 cm³/mol. The molecular formula is C14H17ClF2N2O. The Morgan fingerprint density at radius 3 is 2.75 bits per heavy atom. The standard InChI is InChI=1S/C14H17ClF2N2O/c1-8(18)9-3-2-4-19(7-9)14(20)10-5-12(16)13(17)6-11(10)15/h5-6,8-9H,2-4,7,18H2,1H3. The maximum Gasteiger partial charge on any atom is 0.255 e.